The van der Waals surface area contributed by atoms with E-state index in [0.29, 0.717) is 16.4 Å². The molecule has 1 heterocycles. The summed E-state index contributed by atoms with van der Waals surface area (Å²) < 4.78 is 4.72. The first kappa shape index (κ1) is 11.9. The maximum Gasteiger partial charge on any atom is 0.339 e. The number of likely N-dealkylation sites (tertiary alicyclic amines) is 1. The van der Waals surface area contributed by atoms with Crippen molar-refractivity contribution in [2.75, 3.05) is 25.5 Å². The predicted octanol–water partition coefficient (Wildman–Crippen LogP) is 1.88. The summed E-state index contributed by atoms with van der Waals surface area (Å²) in [5, 5.41) is 3.74. The van der Waals surface area contributed by atoms with Crippen molar-refractivity contribution < 1.29 is 9.53 Å². The van der Waals surface area contributed by atoms with E-state index in [0.717, 1.165) is 13.1 Å². The Morgan fingerprint density at radius 1 is 1.41 bits per heavy atom. The van der Waals surface area contributed by atoms with Crippen LogP contribution in [0.1, 0.15) is 16.8 Å². The van der Waals surface area contributed by atoms with E-state index in [1.54, 1.807) is 12.1 Å². The number of methoxy groups -OCH3 is 1. The first-order valence-electron chi connectivity index (χ1n) is 5.45. The van der Waals surface area contributed by atoms with Gasteiger partial charge in [0.05, 0.1) is 18.4 Å². The Morgan fingerprint density at radius 3 is 2.71 bits per heavy atom. The fourth-order valence-electron chi connectivity index (χ4n) is 1.59. The van der Waals surface area contributed by atoms with Gasteiger partial charge in [0.25, 0.3) is 0 Å². The number of carbonyl (C=O) groups is 1. The lowest BCUT2D eigenvalue weighted by Gasteiger charge is -2.33. The largest absolute Gasteiger partial charge is 0.465 e. The number of esters is 1. The zero-order chi connectivity index (χ0) is 12.3. The summed E-state index contributed by atoms with van der Waals surface area (Å²) in [6.07, 6.45) is 1.17. The Bertz CT molecular complexity index is 444. The lowest BCUT2D eigenvalue weighted by Crippen LogP contribution is -2.44. The van der Waals surface area contributed by atoms with Gasteiger partial charge in [-0.05, 0) is 30.8 Å². The molecule has 1 aliphatic rings. The van der Waals surface area contributed by atoms with E-state index < -0.39 is 0 Å². The lowest BCUT2D eigenvalue weighted by molar-refractivity contribution is 0.0602. The van der Waals surface area contributed by atoms with Gasteiger partial charge in [-0.1, -0.05) is 12.1 Å². The summed E-state index contributed by atoms with van der Waals surface area (Å²) >= 11 is 5.25. The van der Waals surface area contributed by atoms with Gasteiger partial charge in [0.2, 0.25) is 0 Å². The first-order chi connectivity index (χ1) is 8.22. The van der Waals surface area contributed by atoms with Crippen LogP contribution in [0.4, 0.5) is 5.69 Å². The van der Waals surface area contributed by atoms with Crippen LogP contribution in [0.3, 0.4) is 0 Å². The normalized spacial score (nSPS) is 13.8. The molecular weight excluding hydrogens is 236 g/mol. The molecule has 90 valence electrons. The van der Waals surface area contributed by atoms with Gasteiger partial charge < -0.3 is 15.0 Å². The number of nitrogens with zero attached hydrogens (tertiary/aromatic N) is 1. The topological polar surface area (TPSA) is 41.6 Å². The van der Waals surface area contributed by atoms with Crippen LogP contribution >= 0.6 is 12.2 Å². The molecule has 0 bridgehead atoms. The summed E-state index contributed by atoms with van der Waals surface area (Å²) in [7, 11) is 1.37. The second-order valence-corrected chi connectivity index (χ2v) is 4.19. The van der Waals surface area contributed by atoms with Crippen molar-refractivity contribution in [2.45, 2.75) is 6.42 Å². The quantitative estimate of drug-likeness (QED) is 0.641. The SMILES string of the molecule is COC(=O)c1ccccc1NC(=S)N1CCC1. The van der Waals surface area contributed by atoms with Crippen LogP contribution in [0, 0.1) is 0 Å². The highest BCUT2D eigenvalue weighted by Gasteiger charge is 2.19. The molecule has 0 atom stereocenters. The van der Waals surface area contributed by atoms with Crippen molar-refractivity contribution in [3.63, 3.8) is 0 Å². The Hall–Kier alpha value is -1.62. The van der Waals surface area contributed by atoms with E-state index in [1.807, 2.05) is 12.1 Å². The van der Waals surface area contributed by atoms with Gasteiger partial charge in [-0.2, -0.15) is 0 Å². The highest BCUT2D eigenvalue weighted by Crippen LogP contribution is 2.18. The predicted molar refractivity (Wildman–Crippen MR) is 70.2 cm³/mol. The van der Waals surface area contributed by atoms with Crippen LogP contribution in [-0.4, -0.2) is 36.2 Å². The number of para-hydroxylation sites is 1. The summed E-state index contributed by atoms with van der Waals surface area (Å²) in [6.45, 7) is 1.96. The minimum absolute atomic E-state index is 0.362. The van der Waals surface area contributed by atoms with Crippen LogP contribution in [0.5, 0.6) is 0 Å². The van der Waals surface area contributed by atoms with E-state index in [4.69, 9.17) is 17.0 Å². The molecule has 1 saturated heterocycles. The van der Waals surface area contributed by atoms with Crippen LogP contribution < -0.4 is 5.32 Å². The standard InChI is InChI=1S/C12H14N2O2S/c1-16-11(15)9-5-2-3-6-10(9)13-12(17)14-7-4-8-14/h2-3,5-6H,4,7-8H2,1H3,(H,13,17). The molecule has 0 aliphatic carbocycles. The van der Waals surface area contributed by atoms with Gasteiger partial charge in [-0.3, -0.25) is 0 Å². The summed E-state index contributed by atoms with van der Waals surface area (Å²) in [5.74, 6) is -0.362. The van der Waals surface area contributed by atoms with Gasteiger partial charge >= 0.3 is 5.97 Å². The van der Waals surface area contributed by atoms with E-state index in [1.165, 1.54) is 13.5 Å². The third-order valence-electron chi connectivity index (χ3n) is 2.72. The van der Waals surface area contributed by atoms with Crippen molar-refractivity contribution in [2.24, 2.45) is 0 Å². The third-order valence-corrected chi connectivity index (χ3v) is 3.08. The van der Waals surface area contributed by atoms with Crippen molar-refractivity contribution in [1.82, 2.24) is 4.90 Å². The highest BCUT2D eigenvalue weighted by molar-refractivity contribution is 7.80. The average Bonchev–Trinajstić information content (AvgIpc) is 2.26. The molecule has 1 N–H and O–H groups in total. The van der Waals surface area contributed by atoms with Gasteiger partial charge in [0.1, 0.15) is 0 Å². The van der Waals surface area contributed by atoms with Crippen molar-refractivity contribution >= 4 is 29.0 Å². The van der Waals surface area contributed by atoms with Gasteiger partial charge in [0.15, 0.2) is 5.11 Å². The minimum atomic E-state index is -0.362. The maximum absolute atomic E-state index is 11.6. The number of nitrogens with one attached hydrogen (secondary N) is 1. The van der Waals surface area contributed by atoms with Crippen LogP contribution in [-0.2, 0) is 4.74 Å². The van der Waals surface area contributed by atoms with Crippen molar-refractivity contribution in [1.29, 1.82) is 0 Å². The van der Waals surface area contributed by atoms with Crippen LogP contribution in [0.2, 0.25) is 0 Å². The fourth-order valence-corrected chi connectivity index (χ4v) is 1.89. The van der Waals surface area contributed by atoms with Gasteiger partial charge in [0, 0.05) is 13.1 Å². The van der Waals surface area contributed by atoms with Crippen molar-refractivity contribution in [3.8, 4) is 0 Å². The van der Waals surface area contributed by atoms with Crippen LogP contribution in [0.25, 0.3) is 0 Å². The molecule has 1 aliphatic heterocycles. The first-order valence-corrected chi connectivity index (χ1v) is 5.86. The number of anilines is 1. The Balaban J connectivity index is 2.14. The molecule has 0 saturated carbocycles. The highest BCUT2D eigenvalue weighted by atomic mass is 32.1. The molecule has 1 aromatic carbocycles. The zero-order valence-electron chi connectivity index (χ0n) is 9.60. The molecule has 0 radical (unpaired) electrons. The molecule has 17 heavy (non-hydrogen) atoms. The number of benzene rings is 1. The van der Waals surface area contributed by atoms with Crippen LogP contribution in [0.15, 0.2) is 24.3 Å². The molecule has 2 rings (SSSR count). The van der Waals surface area contributed by atoms with Crippen molar-refractivity contribution in [3.05, 3.63) is 29.8 Å². The third kappa shape index (κ3) is 2.55. The minimum Gasteiger partial charge on any atom is -0.465 e. The number of rotatable bonds is 2. The second kappa shape index (κ2) is 5.14. The lowest BCUT2D eigenvalue weighted by atomic mass is 10.2. The number of hydrogen-bond acceptors (Lipinski definition) is 3. The Morgan fingerprint density at radius 2 is 2.12 bits per heavy atom. The van der Waals surface area contributed by atoms with Gasteiger partial charge in [-0.25, -0.2) is 4.79 Å². The molecule has 0 aromatic heterocycles. The molecule has 1 aromatic rings. The molecule has 0 unspecified atom stereocenters. The number of carbonyl (C=O) groups excluding carboxylic acids is 1. The Labute approximate surface area is 106 Å². The van der Waals surface area contributed by atoms with E-state index in [9.17, 15) is 4.79 Å². The maximum atomic E-state index is 11.6. The van der Waals surface area contributed by atoms with E-state index >= 15 is 0 Å². The monoisotopic (exact) mass is 250 g/mol. The number of ether oxygens (including phenoxy) is 1. The smallest absolute Gasteiger partial charge is 0.339 e. The molecular formula is C12H14N2O2S. The molecule has 0 spiro atoms. The fraction of sp³-hybridized carbons (Fsp3) is 0.333. The average molecular weight is 250 g/mol. The number of hydrogen-bond donors (Lipinski definition) is 1. The molecule has 4 nitrogen and oxygen atoms in total. The molecule has 0 amide bonds. The Kier molecular flexibility index (Phi) is 3.58. The summed E-state index contributed by atoms with van der Waals surface area (Å²) in [6, 6.07) is 7.18. The van der Waals surface area contributed by atoms with E-state index in [2.05, 4.69) is 10.2 Å². The van der Waals surface area contributed by atoms with Gasteiger partial charge in [-0.15, -0.1) is 0 Å². The molecule has 1 fully saturated rings. The van der Waals surface area contributed by atoms with E-state index in [-0.39, 0.29) is 5.97 Å². The summed E-state index contributed by atoms with van der Waals surface area (Å²) in [5.41, 5.74) is 1.19. The zero-order valence-corrected chi connectivity index (χ0v) is 10.4. The molecule has 5 heteroatoms. The second-order valence-electron chi connectivity index (χ2n) is 3.81. The summed E-state index contributed by atoms with van der Waals surface area (Å²) in [4.78, 5) is 13.6. The number of thiocarbonyl (C=S) groups is 1.